The Morgan fingerprint density at radius 2 is 1.92 bits per heavy atom. The van der Waals surface area contributed by atoms with Gasteiger partial charge in [-0.1, -0.05) is 0 Å². The first-order valence-electron chi connectivity index (χ1n) is 9.05. The minimum atomic E-state index is 0. The molecule has 1 aromatic carbocycles. The Bertz CT molecular complexity index is 726. The van der Waals surface area contributed by atoms with Crippen LogP contribution in [0.3, 0.4) is 0 Å². The van der Waals surface area contributed by atoms with Gasteiger partial charge in [0.05, 0.1) is 0 Å². The zero-order chi connectivity index (χ0) is 15.4. The Balaban J connectivity index is 0.000000911. The molecule has 1 heterocycles. The summed E-state index contributed by atoms with van der Waals surface area (Å²) in [6, 6.07) is 9.27. The normalized spacial score (nSPS) is 35.6. The summed E-state index contributed by atoms with van der Waals surface area (Å²) in [6.45, 7) is 2.39. The van der Waals surface area contributed by atoms with Crippen LogP contribution in [0.1, 0.15) is 35.1 Å². The molecule has 0 nitrogen and oxygen atoms in total. The van der Waals surface area contributed by atoms with Gasteiger partial charge in [0.2, 0.25) is 0 Å². The topological polar surface area (TPSA) is 0 Å². The average Bonchev–Trinajstić information content (AvgIpc) is 3.14. The summed E-state index contributed by atoms with van der Waals surface area (Å²) >= 11 is 0.0554. The van der Waals surface area contributed by atoms with Gasteiger partial charge in [-0.3, -0.25) is 0 Å². The van der Waals surface area contributed by atoms with Crippen LogP contribution in [0.25, 0.3) is 6.08 Å². The van der Waals surface area contributed by atoms with Gasteiger partial charge in [-0.25, -0.2) is 0 Å². The number of halogens is 2. The molecule has 130 valence electrons. The van der Waals surface area contributed by atoms with Crippen LogP contribution in [0.4, 0.5) is 0 Å². The van der Waals surface area contributed by atoms with Crippen molar-refractivity contribution in [2.75, 3.05) is 6.16 Å². The van der Waals surface area contributed by atoms with E-state index in [9.17, 15) is 0 Å². The van der Waals surface area contributed by atoms with Gasteiger partial charge in [-0.05, 0) is 0 Å². The third-order valence-corrected chi connectivity index (χ3v) is 13.6. The van der Waals surface area contributed by atoms with Crippen LogP contribution in [0.2, 0.25) is 4.22 Å². The molecule has 0 aromatic heterocycles. The van der Waals surface area contributed by atoms with Gasteiger partial charge in [-0.2, -0.15) is 0 Å². The van der Waals surface area contributed by atoms with E-state index in [1.165, 1.54) is 19.0 Å². The predicted molar refractivity (Wildman–Crippen MR) is 96.7 cm³/mol. The van der Waals surface area contributed by atoms with E-state index in [4.69, 9.17) is 0 Å². The van der Waals surface area contributed by atoms with E-state index in [0.29, 0.717) is 0 Å². The molecule has 4 aliphatic rings. The summed E-state index contributed by atoms with van der Waals surface area (Å²) in [5.41, 5.74) is 4.27. The van der Waals surface area contributed by atoms with Crippen LogP contribution in [0.5, 0.6) is 0 Å². The fourth-order valence-electron chi connectivity index (χ4n) is 5.17. The van der Waals surface area contributed by atoms with E-state index < -0.39 is 0 Å². The van der Waals surface area contributed by atoms with E-state index >= 15 is 0 Å². The molecule has 0 radical (unpaired) electrons. The van der Waals surface area contributed by atoms with Crippen molar-refractivity contribution in [3.8, 4) is 0 Å². The van der Waals surface area contributed by atoms with Crippen LogP contribution in [-0.4, -0.2) is 11.8 Å². The van der Waals surface area contributed by atoms with Crippen LogP contribution in [0, 0.1) is 11.8 Å². The molecule has 4 heteroatoms. The van der Waals surface area contributed by atoms with Crippen molar-refractivity contribution in [1.82, 2.24) is 0 Å². The molecule has 0 N–H and O–H groups in total. The number of hydrogen-bond acceptors (Lipinski definition) is 0. The molecule has 1 saturated heterocycles. The quantitative estimate of drug-likeness (QED) is 0.463. The average molecular weight is 425 g/mol. The van der Waals surface area contributed by atoms with E-state index in [-0.39, 0.29) is 51.9 Å². The molecule has 5 rings (SSSR count). The standard InChI is InChI=1S/C21H23P.2ClH.Ti/c1-2-11-22(20-12-16-7-3-4-8-17(16)13-20)21-14-18-9-5-6-10-19(18)15-21;;;/h3-10,12-14,18-19,21H,2,11,15H2,1H3;2*1H;/q;;;+2/p-2. The van der Waals surface area contributed by atoms with Crippen molar-refractivity contribution >= 4 is 14.0 Å². The van der Waals surface area contributed by atoms with E-state index in [1.807, 2.05) is 5.31 Å². The summed E-state index contributed by atoms with van der Waals surface area (Å²) < 4.78 is 1.91. The molecule has 0 amide bonds. The summed E-state index contributed by atoms with van der Waals surface area (Å²) in [6.07, 6.45) is 16.6. The molecule has 1 saturated carbocycles. The van der Waals surface area contributed by atoms with Gasteiger partial charge in [0.25, 0.3) is 0 Å². The molecule has 1 aliphatic heterocycles. The van der Waals surface area contributed by atoms with Gasteiger partial charge in [-0.15, -0.1) is 0 Å². The zero-order valence-electron chi connectivity index (χ0n) is 14.4. The second-order valence-corrected chi connectivity index (χ2v) is 12.4. The largest absolute Gasteiger partial charge is 1.00 e. The molecule has 1 aromatic rings. The Labute approximate surface area is 174 Å². The molecule has 25 heavy (non-hydrogen) atoms. The SMILES string of the molecule is CCCP1C2=Cc3ccccc3[CH]2[Ti+2][CH]2C3C=CC=CC3CC21.[Cl-].[Cl-]. The van der Waals surface area contributed by atoms with Crippen LogP contribution in [0.15, 0.2) is 53.9 Å². The van der Waals surface area contributed by atoms with Crippen molar-refractivity contribution in [1.29, 1.82) is 0 Å². The third-order valence-electron chi connectivity index (χ3n) is 6.10. The molecular formula is C21H23Cl2PTi. The Kier molecular flexibility index (Phi) is 6.40. The maximum Gasteiger partial charge on any atom is -1.00 e. The second kappa shape index (κ2) is 8.04. The fraction of sp³-hybridized carbons (Fsp3) is 0.429. The summed E-state index contributed by atoms with van der Waals surface area (Å²) in [7, 11) is 0.0887. The summed E-state index contributed by atoms with van der Waals surface area (Å²) in [4.78, 5) is 0. The van der Waals surface area contributed by atoms with Crippen LogP contribution in [-0.2, 0) is 19.2 Å². The van der Waals surface area contributed by atoms with Gasteiger partial charge < -0.3 is 24.8 Å². The maximum absolute atomic E-state index is 2.62. The maximum atomic E-state index is 2.62. The Hall–Kier alpha value is 0.164. The van der Waals surface area contributed by atoms with Crippen LogP contribution < -0.4 is 24.8 Å². The summed E-state index contributed by atoms with van der Waals surface area (Å²) in [5, 5.41) is 1.90. The zero-order valence-corrected chi connectivity index (χ0v) is 18.4. The van der Waals surface area contributed by atoms with Crippen molar-refractivity contribution in [2.45, 2.75) is 33.9 Å². The van der Waals surface area contributed by atoms with Crippen molar-refractivity contribution in [3.05, 3.63) is 65.0 Å². The molecule has 0 spiro atoms. The number of hydrogen-bond donors (Lipinski definition) is 0. The monoisotopic (exact) mass is 424 g/mol. The van der Waals surface area contributed by atoms with E-state index in [1.54, 1.807) is 11.1 Å². The first-order valence-corrected chi connectivity index (χ1v) is 12.4. The number of allylic oxidation sites excluding steroid dienone is 5. The fourth-order valence-corrected chi connectivity index (χ4v) is 13.9. The Morgan fingerprint density at radius 3 is 2.76 bits per heavy atom. The minimum absolute atomic E-state index is 0. The predicted octanol–water partition coefficient (Wildman–Crippen LogP) is -0.00260. The van der Waals surface area contributed by atoms with Gasteiger partial charge >= 0.3 is 150 Å². The van der Waals surface area contributed by atoms with Gasteiger partial charge in [0.1, 0.15) is 0 Å². The molecule has 2 fully saturated rings. The van der Waals surface area contributed by atoms with E-state index in [2.05, 4.69) is 61.6 Å². The molecule has 0 bridgehead atoms. The summed E-state index contributed by atoms with van der Waals surface area (Å²) in [5.74, 6) is 1.73. The van der Waals surface area contributed by atoms with E-state index in [0.717, 1.165) is 25.9 Å². The molecule has 3 aliphatic carbocycles. The first-order chi connectivity index (χ1) is 11.4. The van der Waals surface area contributed by atoms with Crippen LogP contribution >= 0.6 is 7.92 Å². The van der Waals surface area contributed by atoms with Crippen molar-refractivity contribution in [3.63, 3.8) is 0 Å². The van der Waals surface area contributed by atoms with Crippen molar-refractivity contribution in [2.24, 2.45) is 11.8 Å². The van der Waals surface area contributed by atoms with Gasteiger partial charge in [0.15, 0.2) is 0 Å². The minimum Gasteiger partial charge on any atom is -1.00 e. The molecule has 6 atom stereocenters. The molecule has 6 unspecified atom stereocenters. The molecular weight excluding hydrogens is 402 g/mol. The Morgan fingerprint density at radius 1 is 1.12 bits per heavy atom. The number of benzene rings is 1. The number of rotatable bonds is 2. The smallest absolute Gasteiger partial charge is 1.00 e. The number of fused-ring (bicyclic) bond motifs is 6. The second-order valence-electron chi connectivity index (χ2n) is 7.33. The van der Waals surface area contributed by atoms with Gasteiger partial charge in [0, 0.05) is 0 Å². The first kappa shape index (κ1) is 19.9. The van der Waals surface area contributed by atoms with Crippen molar-refractivity contribution < 1.29 is 44.0 Å². The third kappa shape index (κ3) is 3.17.